The van der Waals surface area contributed by atoms with Gasteiger partial charge in [0, 0.05) is 161 Å². The van der Waals surface area contributed by atoms with Gasteiger partial charge in [-0.1, -0.05) is 270 Å². The van der Waals surface area contributed by atoms with E-state index in [0.717, 1.165) is 166 Å². The molecule has 8 aromatic carbocycles. The second kappa shape index (κ2) is 50.4. The molecular weight excluding hydrogens is 2390 g/mol. The van der Waals surface area contributed by atoms with Crippen molar-refractivity contribution < 1.29 is 69.1 Å². The van der Waals surface area contributed by atoms with Gasteiger partial charge in [-0.2, -0.15) is 189 Å². The SMILES string of the molecule is CC(C)(C)c1n[n-]c(-c2cccc(-c3[n-]nc(C(C)(C)C)c3-c3ccccc3)n2)c1-c1ccccc1.CC(C)(c1[c-]c(C(C)(C)c2ccccn2)ccc1)c1ccccn1.CC(C)(c1[c-]cccc1)c1cccc(C(C)(C)c2[c-]cccc2)n1.CC(C)(c1[c-]cccc1)c1cccc(C(C)(C)c2[c-]cccc2)n1.CCc1c(-c2ccccn2)[n-]c(-c2ccccn2)c1CC.Fc1cc(F)c(-n2cccn2)[c-]c1-n1cccn1.[Ir+3].[Ir+3].[Ir+3]. The number of pyridine rings is 7. The summed E-state index contributed by atoms with van der Waals surface area (Å²) in [6.07, 6.45) is 15.3. The van der Waals surface area contributed by atoms with Crippen molar-refractivity contribution in [1.82, 2.24) is 79.8 Å². The molecule has 0 radical (unpaired) electrons. The average Bonchev–Trinajstić information content (AvgIpc) is 1.62. The van der Waals surface area contributed by atoms with E-state index in [0.29, 0.717) is 0 Å². The van der Waals surface area contributed by atoms with Gasteiger partial charge in [-0.3, -0.25) is 53.0 Å². The van der Waals surface area contributed by atoms with Crippen molar-refractivity contribution in [3.8, 4) is 79.2 Å². The molecule has 0 fully saturated rings. The maximum atomic E-state index is 13.7. The second-order valence-corrected chi connectivity index (χ2v) is 41.2. The molecule has 12 heterocycles. The summed E-state index contributed by atoms with van der Waals surface area (Å²) in [6, 6.07) is 126. The molecule has 0 aliphatic rings. The smallest absolute Gasteiger partial charge is 0.654 e. The third-order valence-corrected chi connectivity index (χ3v) is 26.7. The molecule has 762 valence electrons. The third-order valence-electron chi connectivity index (χ3n) is 26.7. The van der Waals surface area contributed by atoms with E-state index in [1.54, 1.807) is 24.5 Å². The van der Waals surface area contributed by atoms with Gasteiger partial charge in [-0.15, -0.1) is 17.5 Å². The number of rotatable bonds is 22. The molecule has 0 unspecified atom stereocenters. The number of halogens is 2. The summed E-state index contributed by atoms with van der Waals surface area (Å²) < 4.78 is 29.9. The van der Waals surface area contributed by atoms with Crippen LogP contribution in [0.25, 0.3) is 79.2 Å². The van der Waals surface area contributed by atoms with Crippen LogP contribution in [0.4, 0.5) is 8.78 Å². The van der Waals surface area contributed by atoms with Crippen LogP contribution in [0.5, 0.6) is 0 Å². The number of benzene rings is 8. The van der Waals surface area contributed by atoms with Crippen LogP contribution in [-0.2, 0) is 116 Å². The van der Waals surface area contributed by atoms with Gasteiger partial charge >= 0.3 is 60.3 Å². The summed E-state index contributed by atoms with van der Waals surface area (Å²) >= 11 is 0. The maximum Gasteiger partial charge on any atom is 3.00 e. The minimum atomic E-state index is -0.730. The van der Waals surface area contributed by atoms with Gasteiger partial charge in [0.2, 0.25) is 0 Å². The molecule has 0 saturated carbocycles. The zero-order chi connectivity index (χ0) is 104. The monoisotopic (exact) mass is 2510 g/mol. The summed E-state index contributed by atoms with van der Waals surface area (Å²) in [4.78, 5) is 38.0. The van der Waals surface area contributed by atoms with Gasteiger partial charge in [0.1, 0.15) is 0 Å². The minimum absolute atomic E-state index is 0. The topological polar surface area (TPSA) is 194 Å². The average molecular weight is 2510 g/mol. The summed E-state index contributed by atoms with van der Waals surface area (Å²) in [7, 11) is 0. The zero-order valence-corrected chi connectivity index (χ0v) is 95.7. The van der Waals surface area contributed by atoms with Crippen molar-refractivity contribution in [3.05, 3.63) is 509 Å². The van der Waals surface area contributed by atoms with Crippen molar-refractivity contribution in [2.24, 2.45) is 0 Å². The Hall–Kier alpha value is -14.3. The van der Waals surface area contributed by atoms with Crippen LogP contribution in [0, 0.1) is 48.0 Å². The molecule has 0 bridgehead atoms. The predicted molar refractivity (Wildman–Crippen MR) is 586 cm³/mol. The first kappa shape index (κ1) is 114. The number of nitrogens with zero attached hydrogens (tertiary/aromatic N) is 16. The molecule has 0 aliphatic carbocycles. The second-order valence-electron chi connectivity index (χ2n) is 41.2. The van der Waals surface area contributed by atoms with Gasteiger partial charge in [-0.25, -0.2) is 0 Å². The van der Waals surface area contributed by atoms with Crippen molar-refractivity contribution in [3.63, 3.8) is 0 Å². The van der Waals surface area contributed by atoms with Gasteiger partial charge in [0.25, 0.3) is 0 Å². The Morgan fingerprint density at radius 3 is 0.867 bits per heavy atom. The molecule has 12 aromatic heterocycles. The first-order valence-electron chi connectivity index (χ1n) is 49.8. The maximum absolute atomic E-state index is 13.7. The summed E-state index contributed by atoms with van der Waals surface area (Å²) in [6.45, 7) is 43.7. The normalized spacial score (nSPS) is 11.6. The van der Waals surface area contributed by atoms with E-state index in [-0.39, 0.29) is 115 Å². The Labute approximate surface area is 924 Å². The largest absolute Gasteiger partial charge is 3.00 e. The fourth-order valence-corrected chi connectivity index (χ4v) is 17.7. The first-order chi connectivity index (χ1) is 70.5. The molecular formula is C129H125F2Ir3N16. The van der Waals surface area contributed by atoms with Crippen molar-refractivity contribution in [2.75, 3.05) is 0 Å². The van der Waals surface area contributed by atoms with Gasteiger partial charge < -0.3 is 25.4 Å². The summed E-state index contributed by atoms with van der Waals surface area (Å²) in [5, 5.41) is 26.3. The molecule has 16 nitrogen and oxygen atoms in total. The van der Waals surface area contributed by atoms with E-state index >= 15 is 0 Å². The van der Waals surface area contributed by atoms with E-state index in [4.69, 9.17) is 19.9 Å². The predicted octanol–water partition coefficient (Wildman–Crippen LogP) is 28.7. The van der Waals surface area contributed by atoms with E-state index in [1.165, 1.54) is 32.9 Å². The molecule has 0 saturated heterocycles. The minimum Gasteiger partial charge on any atom is -0.654 e. The molecule has 0 spiro atoms. The number of hydrogen-bond acceptors (Lipinski definition) is 11. The Bertz CT molecular complexity index is 6840. The molecule has 0 atom stereocenters. The van der Waals surface area contributed by atoms with Crippen LogP contribution in [0.15, 0.2) is 371 Å². The van der Waals surface area contributed by atoms with Crippen LogP contribution in [0.3, 0.4) is 0 Å². The first-order valence-corrected chi connectivity index (χ1v) is 49.8. The number of hydrogen-bond donors (Lipinski definition) is 0. The molecule has 0 amide bonds. The number of aromatic nitrogens is 16. The Kier molecular flexibility index (Phi) is 38.4. The Morgan fingerprint density at radius 1 is 0.280 bits per heavy atom. The van der Waals surface area contributed by atoms with Gasteiger partial charge in [0.15, 0.2) is 0 Å². The standard InChI is InChI=1S/C31H31N5.2C23H23N.C22H23N2.C18H18N3.C12H7F2N4.3Ir/c1-30(2,3)28-24(20-14-9-7-10-15-20)26(33-35-28)22-18-13-19-23(32-22)27-25(21-16-11-8-12-17-21)29(36-34-27)31(4,5)6;2*1-22(2,18-12-7-5-8-13-18)20-16-11-17-21(24-20)23(3,4)19-14-9-6-10-15-19;1-21(2,19-12-5-7-14-23-19)17-10-9-11-18(16-17)22(3,4)20-13-6-8-15-24-20;1-3-13-14(4-2)18(16-10-6-8-12-20-16)21-17(13)15-9-5-7-11-19-15;13-9-7-10(14)12(18-6-2-4-16-18)8-11(9)17-5-1-3-15-17;;;/h7-19H,1-6H3;2*5-12,14,16-17H,1-4H3;5-15H,1-4H3;5-12H,3-4H2,1-2H3;1-7H;;;/q3*-2;3*-1;3*+3. The molecule has 0 aliphatic heterocycles. The quantitative estimate of drug-likeness (QED) is 0.0582. The summed E-state index contributed by atoms with van der Waals surface area (Å²) in [5.74, 6) is -1.46. The zero-order valence-electron chi connectivity index (χ0n) is 88.5. The third kappa shape index (κ3) is 26.6. The van der Waals surface area contributed by atoms with Crippen molar-refractivity contribution in [2.45, 2.75) is 195 Å². The van der Waals surface area contributed by atoms with Crippen LogP contribution in [-0.4, -0.2) is 64.6 Å². The Morgan fingerprint density at radius 2 is 0.573 bits per heavy atom. The van der Waals surface area contributed by atoms with Crippen LogP contribution < -0.4 is 15.2 Å². The molecule has 0 N–H and O–H groups in total. The van der Waals surface area contributed by atoms with E-state index in [1.807, 2.05) is 189 Å². The van der Waals surface area contributed by atoms with Gasteiger partial charge in [0.05, 0.1) is 11.4 Å². The Balaban J connectivity index is 0.000000161. The van der Waals surface area contributed by atoms with E-state index < -0.39 is 11.6 Å². The molecule has 21 heteroatoms. The van der Waals surface area contributed by atoms with E-state index in [9.17, 15) is 8.78 Å². The fraction of sp³-hybridized carbons (Fsp3) is 0.233. The fourth-order valence-electron chi connectivity index (χ4n) is 17.7. The van der Waals surface area contributed by atoms with Crippen LogP contribution in [0.2, 0.25) is 0 Å². The summed E-state index contributed by atoms with van der Waals surface area (Å²) in [5.41, 5.74) is 27.6. The van der Waals surface area contributed by atoms with E-state index in [2.05, 4.69) is 365 Å². The molecule has 20 rings (SSSR count). The molecule has 150 heavy (non-hydrogen) atoms. The van der Waals surface area contributed by atoms with Crippen molar-refractivity contribution in [1.29, 1.82) is 0 Å². The molecule has 20 aromatic rings. The van der Waals surface area contributed by atoms with Crippen molar-refractivity contribution >= 4 is 0 Å². The van der Waals surface area contributed by atoms with Crippen LogP contribution >= 0.6 is 0 Å². The van der Waals surface area contributed by atoms with Crippen LogP contribution in [0.1, 0.15) is 229 Å². The van der Waals surface area contributed by atoms with Gasteiger partial charge in [-0.05, 0) is 144 Å².